The number of carbonyl (C=O) groups is 1. The second-order valence-electron chi connectivity index (χ2n) is 6.95. The fourth-order valence-electron chi connectivity index (χ4n) is 3.16. The van der Waals surface area contributed by atoms with Gasteiger partial charge in [-0.1, -0.05) is 83.0 Å². The van der Waals surface area contributed by atoms with Gasteiger partial charge in [-0.3, -0.25) is 9.69 Å². The highest BCUT2D eigenvalue weighted by atomic mass is 35.5. The van der Waals surface area contributed by atoms with Gasteiger partial charge < -0.3 is 0 Å². The van der Waals surface area contributed by atoms with E-state index in [9.17, 15) is 4.79 Å². The van der Waals surface area contributed by atoms with Crippen molar-refractivity contribution < 1.29 is 4.79 Å². The molecule has 28 heavy (non-hydrogen) atoms. The molecule has 4 heteroatoms. The van der Waals surface area contributed by atoms with Crippen LogP contribution in [0.25, 0.3) is 6.08 Å². The average molecular weight is 406 g/mol. The summed E-state index contributed by atoms with van der Waals surface area (Å²) >= 11 is 7.65. The molecule has 1 fully saturated rings. The summed E-state index contributed by atoms with van der Waals surface area (Å²) in [6.45, 7) is 4.10. The van der Waals surface area contributed by atoms with Crippen LogP contribution >= 0.6 is 23.4 Å². The highest BCUT2D eigenvalue weighted by Crippen LogP contribution is 2.48. The van der Waals surface area contributed by atoms with Crippen molar-refractivity contribution in [1.29, 1.82) is 0 Å². The Labute approximate surface area is 174 Å². The molecule has 1 aliphatic rings. The highest BCUT2D eigenvalue weighted by molar-refractivity contribution is 8.05. The minimum Gasteiger partial charge on any atom is -0.291 e. The van der Waals surface area contributed by atoms with E-state index in [0.29, 0.717) is 5.02 Å². The monoisotopic (exact) mass is 405 g/mol. The van der Waals surface area contributed by atoms with Crippen LogP contribution in [0.5, 0.6) is 0 Å². The van der Waals surface area contributed by atoms with Crippen molar-refractivity contribution in [3.63, 3.8) is 0 Å². The lowest BCUT2D eigenvalue weighted by Crippen LogP contribution is -2.27. The van der Waals surface area contributed by atoms with E-state index in [4.69, 9.17) is 11.6 Å². The number of hydrogen-bond acceptors (Lipinski definition) is 2. The van der Waals surface area contributed by atoms with Crippen molar-refractivity contribution in [3.8, 4) is 0 Å². The predicted molar refractivity (Wildman–Crippen MR) is 120 cm³/mol. The van der Waals surface area contributed by atoms with Crippen molar-refractivity contribution in [2.45, 2.75) is 19.2 Å². The second-order valence-corrected chi connectivity index (χ2v) is 8.51. The van der Waals surface area contributed by atoms with Gasteiger partial charge in [0.15, 0.2) is 0 Å². The molecule has 140 valence electrons. The number of aryl methyl sites for hydroxylation is 2. The zero-order valence-corrected chi connectivity index (χ0v) is 17.3. The van der Waals surface area contributed by atoms with Gasteiger partial charge >= 0.3 is 0 Å². The van der Waals surface area contributed by atoms with E-state index in [1.807, 2.05) is 78.6 Å². The quantitative estimate of drug-likeness (QED) is 0.448. The molecule has 0 radical (unpaired) electrons. The van der Waals surface area contributed by atoms with Gasteiger partial charge in [0.05, 0.1) is 4.91 Å². The van der Waals surface area contributed by atoms with E-state index in [0.717, 1.165) is 21.7 Å². The smallest absolute Gasteiger partial charge is 0.266 e. The fraction of sp³-hybridized carbons (Fsp3) is 0.125. The number of carbonyl (C=O) groups excluding carboxylic acids is 1. The van der Waals surface area contributed by atoms with Gasteiger partial charge in [-0.15, -0.1) is 0 Å². The Balaban J connectivity index is 1.75. The summed E-state index contributed by atoms with van der Waals surface area (Å²) in [5.41, 5.74) is 5.35. The van der Waals surface area contributed by atoms with Crippen LogP contribution in [0.3, 0.4) is 0 Å². The van der Waals surface area contributed by atoms with Crippen LogP contribution in [0.15, 0.2) is 77.7 Å². The number of nitrogens with zero attached hydrogens (tertiary/aromatic N) is 1. The van der Waals surface area contributed by atoms with E-state index in [-0.39, 0.29) is 11.3 Å². The zero-order chi connectivity index (χ0) is 19.7. The molecule has 0 saturated carbocycles. The SMILES string of the molecule is Cc1ccc(/C=C2\SC(c3ccc(Cl)cc3)N(c3ccc(C)cc3)C2=O)cc1. The van der Waals surface area contributed by atoms with Crippen LogP contribution < -0.4 is 4.90 Å². The summed E-state index contributed by atoms with van der Waals surface area (Å²) < 4.78 is 0. The molecule has 0 aliphatic carbocycles. The molecule has 1 heterocycles. The molecule has 0 N–H and O–H groups in total. The Kier molecular flexibility index (Phi) is 5.29. The Morgan fingerprint density at radius 2 is 1.43 bits per heavy atom. The highest BCUT2D eigenvalue weighted by Gasteiger charge is 2.38. The Bertz CT molecular complexity index is 1020. The maximum absolute atomic E-state index is 13.3. The van der Waals surface area contributed by atoms with Gasteiger partial charge in [-0.2, -0.15) is 0 Å². The third-order valence-corrected chi connectivity index (χ3v) is 6.25. The third-order valence-electron chi connectivity index (χ3n) is 4.75. The summed E-state index contributed by atoms with van der Waals surface area (Å²) in [6.07, 6.45) is 1.98. The minimum atomic E-state index is -0.121. The molecule has 1 aliphatic heterocycles. The maximum Gasteiger partial charge on any atom is 0.266 e. The number of rotatable bonds is 3. The number of halogens is 1. The van der Waals surface area contributed by atoms with Crippen LogP contribution in [-0.4, -0.2) is 5.91 Å². The molecule has 3 aromatic rings. The molecule has 4 rings (SSSR count). The number of benzene rings is 3. The van der Waals surface area contributed by atoms with Crippen molar-refractivity contribution in [1.82, 2.24) is 0 Å². The molecular weight excluding hydrogens is 386 g/mol. The maximum atomic E-state index is 13.3. The van der Waals surface area contributed by atoms with Crippen LogP contribution in [0, 0.1) is 13.8 Å². The van der Waals surface area contributed by atoms with Crippen molar-refractivity contribution in [2.24, 2.45) is 0 Å². The lowest BCUT2D eigenvalue weighted by molar-refractivity contribution is -0.114. The summed E-state index contributed by atoms with van der Waals surface area (Å²) in [5, 5.41) is 0.569. The number of hydrogen-bond donors (Lipinski definition) is 0. The van der Waals surface area contributed by atoms with E-state index in [1.165, 1.54) is 11.1 Å². The van der Waals surface area contributed by atoms with Crippen molar-refractivity contribution in [2.75, 3.05) is 4.90 Å². The number of thioether (sulfide) groups is 1. The Morgan fingerprint density at radius 3 is 2.04 bits per heavy atom. The van der Waals surface area contributed by atoms with Crippen molar-refractivity contribution in [3.05, 3.63) is 105 Å². The first kappa shape index (κ1) is 18.9. The zero-order valence-electron chi connectivity index (χ0n) is 15.7. The average Bonchev–Trinajstić information content (AvgIpc) is 3.01. The third kappa shape index (κ3) is 3.87. The van der Waals surface area contributed by atoms with Crippen LogP contribution in [0.2, 0.25) is 5.02 Å². The van der Waals surface area contributed by atoms with Gasteiger partial charge in [-0.25, -0.2) is 0 Å². The molecule has 0 spiro atoms. The van der Waals surface area contributed by atoms with Gasteiger partial charge in [0.1, 0.15) is 5.37 Å². The summed E-state index contributed by atoms with van der Waals surface area (Å²) in [6, 6.07) is 24.0. The van der Waals surface area contributed by atoms with E-state index in [1.54, 1.807) is 11.8 Å². The molecular formula is C24H20ClNOS. The van der Waals surface area contributed by atoms with E-state index >= 15 is 0 Å². The van der Waals surface area contributed by atoms with Crippen LogP contribution in [-0.2, 0) is 4.79 Å². The molecule has 0 aromatic heterocycles. The molecule has 1 atom stereocenters. The Morgan fingerprint density at radius 1 is 0.857 bits per heavy atom. The summed E-state index contributed by atoms with van der Waals surface area (Å²) in [4.78, 5) is 15.9. The minimum absolute atomic E-state index is 0.0226. The molecule has 1 unspecified atom stereocenters. The number of amides is 1. The van der Waals surface area contributed by atoms with Crippen LogP contribution in [0.4, 0.5) is 5.69 Å². The lowest BCUT2D eigenvalue weighted by atomic mass is 10.1. The number of anilines is 1. The molecule has 0 bridgehead atoms. The van der Waals surface area contributed by atoms with Gasteiger partial charge in [0, 0.05) is 10.7 Å². The predicted octanol–water partition coefficient (Wildman–Crippen LogP) is 6.78. The molecule has 1 amide bonds. The lowest BCUT2D eigenvalue weighted by Gasteiger charge is -2.24. The standard InChI is InChI=1S/C24H20ClNOS/c1-16-3-7-18(8-4-16)15-22-23(27)26(21-13-5-17(2)6-14-21)24(28-22)19-9-11-20(25)12-10-19/h3-15,24H,1-2H3/b22-15-. The molecule has 1 saturated heterocycles. The van der Waals surface area contributed by atoms with E-state index < -0.39 is 0 Å². The Hall–Kier alpha value is -2.49. The normalized spacial score (nSPS) is 18.1. The first-order valence-corrected chi connectivity index (χ1v) is 10.4. The molecule has 2 nitrogen and oxygen atoms in total. The summed E-state index contributed by atoms with van der Waals surface area (Å²) in [7, 11) is 0. The van der Waals surface area contributed by atoms with Gasteiger partial charge in [0.25, 0.3) is 5.91 Å². The van der Waals surface area contributed by atoms with E-state index in [2.05, 4.69) is 19.1 Å². The topological polar surface area (TPSA) is 20.3 Å². The van der Waals surface area contributed by atoms with Gasteiger partial charge in [-0.05, 0) is 55.3 Å². The first-order chi connectivity index (χ1) is 13.5. The first-order valence-electron chi connectivity index (χ1n) is 9.12. The van der Waals surface area contributed by atoms with Gasteiger partial charge in [0.2, 0.25) is 0 Å². The molecule has 3 aromatic carbocycles. The fourth-order valence-corrected chi connectivity index (χ4v) is 4.55. The van der Waals surface area contributed by atoms with Crippen LogP contribution in [0.1, 0.15) is 27.6 Å². The largest absolute Gasteiger partial charge is 0.291 e. The van der Waals surface area contributed by atoms with Crippen molar-refractivity contribution >= 4 is 41.0 Å². The summed E-state index contributed by atoms with van der Waals surface area (Å²) in [5.74, 6) is 0.0226. The second kappa shape index (κ2) is 7.86.